The number of benzene rings is 1. The molecule has 1 unspecified atom stereocenters. The van der Waals surface area contributed by atoms with Crippen LogP contribution in [0.2, 0.25) is 5.02 Å². The molecule has 0 fully saturated rings. The first kappa shape index (κ1) is 13.5. The third-order valence-corrected chi connectivity index (χ3v) is 4.87. The maximum Gasteiger partial charge on any atom is 0.123 e. The van der Waals surface area contributed by atoms with E-state index in [4.69, 9.17) is 27.9 Å². The number of hydrogen-bond acceptors (Lipinski definition) is 2. The first-order valence-electron chi connectivity index (χ1n) is 4.83. The molecule has 0 spiro atoms. The quantitative estimate of drug-likeness (QED) is 0.500. The number of methoxy groups -OCH3 is 1. The van der Waals surface area contributed by atoms with E-state index in [-0.39, 0.29) is 5.38 Å². The topological polar surface area (TPSA) is 9.23 Å². The van der Waals surface area contributed by atoms with Gasteiger partial charge in [-0.25, -0.2) is 0 Å². The summed E-state index contributed by atoms with van der Waals surface area (Å²) in [5.41, 5.74) is 1.97. The first-order chi connectivity index (χ1) is 8.11. The molecule has 5 heteroatoms. The lowest BCUT2D eigenvalue weighted by molar-refractivity contribution is 0.410. The molecule has 1 aromatic carbocycles. The number of ether oxygens (including phenoxy) is 1. The van der Waals surface area contributed by atoms with Crippen molar-refractivity contribution >= 4 is 57.1 Å². The van der Waals surface area contributed by atoms with Crippen LogP contribution in [0.3, 0.4) is 0 Å². The van der Waals surface area contributed by atoms with Gasteiger partial charge in [0.15, 0.2) is 0 Å². The molecule has 17 heavy (non-hydrogen) atoms. The number of rotatable bonds is 3. The maximum atomic E-state index is 6.47. The molecule has 0 aliphatic rings. The zero-order valence-corrected chi connectivity index (χ0v) is 13.4. The largest absolute Gasteiger partial charge is 0.496 e. The lowest BCUT2D eigenvalue weighted by atomic mass is 10.1. The summed E-state index contributed by atoms with van der Waals surface area (Å²) in [5.74, 6) is 0.760. The van der Waals surface area contributed by atoms with Crippen LogP contribution in [-0.2, 0) is 0 Å². The van der Waals surface area contributed by atoms with Crippen LogP contribution >= 0.6 is 57.1 Å². The second kappa shape index (κ2) is 5.78. The van der Waals surface area contributed by atoms with Crippen LogP contribution in [0.15, 0.2) is 29.6 Å². The molecule has 90 valence electrons. The van der Waals surface area contributed by atoms with Crippen molar-refractivity contribution in [2.45, 2.75) is 5.38 Å². The number of thiophene rings is 1. The van der Waals surface area contributed by atoms with E-state index in [9.17, 15) is 0 Å². The number of hydrogen-bond donors (Lipinski definition) is 0. The Bertz CT molecular complexity index is 527. The SMILES string of the molecule is COc1ccc(Cl)cc1C(Cl)c1csc(I)c1. The van der Waals surface area contributed by atoms with Crippen molar-refractivity contribution in [1.29, 1.82) is 0 Å². The molecule has 0 aliphatic heterocycles. The summed E-state index contributed by atoms with van der Waals surface area (Å²) in [5, 5.41) is 2.49. The molecule has 0 radical (unpaired) electrons. The Labute approximate surface area is 128 Å². The van der Waals surface area contributed by atoms with Crippen LogP contribution < -0.4 is 4.74 Å². The van der Waals surface area contributed by atoms with E-state index < -0.39 is 0 Å². The zero-order chi connectivity index (χ0) is 12.4. The Morgan fingerprint density at radius 1 is 1.35 bits per heavy atom. The van der Waals surface area contributed by atoms with Gasteiger partial charge in [-0.3, -0.25) is 0 Å². The predicted molar refractivity (Wildman–Crippen MR) is 82.7 cm³/mol. The van der Waals surface area contributed by atoms with E-state index in [1.165, 1.54) is 2.88 Å². The number of halogens is 3. The molecule has 0 bridgehead atoms. The molecule has 2 aromatic rings. The molecule has 0 aliphatic carbocycles. The highest BCUT2D eigenvalue weighted by Crippen LogP contribution is 2.38. The van der Waals surface area contributed by atoms with Crippen molar-refractivity contribution in [3.8, 4) is 5.75 Å². The molecular formula is C12H9Cl2IOS. The van der Waals surface area contributed by atoms with Crippen LogP contribution in [-0.4, -0.2) is 7.11 Å². The van der Waals surface area contributed by atoms with Crippen molar-refractivity contribution in [1.82, 2.24) is 0 Å². The normalized spacial score (nSPS) is 12.5. The summed E-state index contributed by atoms with van der Waals surface area (Å²) in [6, 6.07) is 7.56. The summed E-state index contributed by atoms with van der Waals surface area (Å²) in [4.78, 5) is 0. The molecule has 1 atom stereocenters. The van der Waals surface area contributed by atoms with Crippen molar-refractivity contribution in [3.63, 3.8) is 0 Å². The lowest BCUT2D eigenvalue weighted by Gasteiger charge is -2.13. The van der Waals surface area contributed by atoms with Crippen molar-refractivity contribution in [2.24, 2.45) is 0 Å². The lowest BCUT2D eigenvalue weighted by Crippen LogP contribution is -1.96. The van der Waals surface area contributed by atoms with Crippen LogP contribution in [0.1, 0.15) is 16.5 Å². The van der Waals surface area contributed by atoms with Gasteiger partial charge in [0.2, 0.25) is 0 Å². The summed E-state index contributed by atoms with van der Waals surface area (Å²) in [6.45, 7) is 0. The average molecular weight is 399 g/mol. The van der Waals surface area contributed by atoms with Crippen LogP contribution in [0.25, 0.3) is 0 Å². The minimum Gasteiger partial charge on any atom is -0.496 e. The fourth-order valence-corrected chi connectivity index (χ4v) is 3.49. The zero-order valence-electron chi connectivity index (χ0n) is 8.91. The molecule has 2 rings (SSSR count). The summed E-state index contributed by atoms with van der Waals surface area (Å²) < 4.78 is 6.52. The fraction of sp³-hybridized carbons (Fsp3) is 0.167. The molecule has 0 saturated carbocycles. The molecule has 0 amide bonds. The molecule has 0 saturated heterocycles. The summed E-state index contributed by atoms with van der Waals surface area (Å²) in [6.07, 6.45) is 0. The average Bonchev–Trinajstić information content (AvgIpc) is 2.75. The maximum absolute atomic E-state index is 6.47. The van der Waals surface area contributed by atoms with Gasteiger partial charge in [0, 0.05) is 10.6 Å². The Kier molecular flexibility index (Phi) is 4.58. The van der Waals surface area contributed by atoms with Crippen molar-refractivity contribution < 1.29 is 4.74 Å². The summed E-state index contributed by atoms with van der Waals surface area (Å²) >= 11 is 16.4. The highest BCUT2D eigenvalue weighted by molar-refractivity contribution is 14.1. The first-order valence-corrected chi connectivity index (χ1v) is 7.60. The Balaban J connectivity index is 2.42. The molecule has 1 aromatic heterocycles. The Morgan fingerprint density at radius 3 is 2.71 bits per heavy atom. The molecule has 0 N–H and O–H groups in total. The predicted octanol–water partition coefficient (Wildman–Crippen LogP) is 5.34. The van der Waals surface area contributed by atoms with Crippen molar-refractivity contribution in [2.75, 3.05) is 7.11 Å². The third kappa shape index (κ3) is 3.08. The van der Waals surface area contributed by atoms with E-state index in [1.807, 2.05) is 12.1 Å². The van der Waals surface area contributed by atoms with Gasteiger partial charge in [0.1, 0.15) is 5.75 Å². The van der Waals surface area contributed by atoms with Gasteiger partial charge in [-0.05, 0) is 57.8 Å². The van der Waals surface area contributed by atoms with Crippen LogP contribution in [0.5, 0.6) is 5.75 Å². The van der Waals surface area contributed by atoms with E-state index in [2.05, 4.69) is 34.0 Å². The van der Waals surface area contributed by atoms with E-state index in [1.54, 1.807) is 24.5 Å². The third-order valence-electron chi connectivity index (χ3n) is 2.35. The van der Waals surface area contributed by atoms with Gasteiger partial charge < -0.3 is 4.74 Å². The Hall–Kier alpha value is 0.0300. The second-order valence-corrected chi connectivity index (χ2v) is 7.11. The smallest absolute Gasteiger partial charge is 0.123 e. The van der Waals surface area contributed by atoms with Crippen molar-refractivity contribution in [3.05, 3.63) is 48.7 Å². The van der Waals surface area contributed by atoms with Gasteiger partial charge in [-0.15, -0.1) is 22.9 Å². The van der Waals surface area contributed by atoms with E-state index >= 15 is 0 Å². The minimum atomic E-state index is -0.233. The highest BCUT2D eigenvalue weighted by Gasteiger charge is 2.17. The van der Waals surface area contributed by atoms with Gasteiger partial charge in [-0.1, -0.05) is 11.6 Å². The van der Waals surface area contributed by atoms with Crippen LogP contribution in [0.4, 0.5) is 0 Å². The highest BCUT2D eigenvalue weighted by atomic mass is 127. The van der Waals surface area contributed by atoms with Gasteiger partial charge in [-0.2, -0.15) is 0 Å². The fourth-order valence-electron chi connectivity index (χ4n) is 1.54. The van der Waals surface area contributed by atoms with E-state index in [0.717, 1.165) is 16.9 Å². The molecule has 1 nitrogen and oxygen atoms in total. The monoisotopic (exact) mass is 398 g/mol. The van der Waals surface area contributed by atoms with Crippen LogP contribution in [0, 0.1) is 2.88 Å². The molecular weight excluding hydrogens is 390 g/mol. The Morgan fingerprint density at radius 2 is 2.12 bits per heavy atom. The number of alkyl halides is 1. The second-order valence-electron chi connectivity index (χ2n) is 3.43. The standard InChI is InChI=1S/C12H9Cl2IOS/c1-16-10-3-2-8(13)5-9(10)12(14)7-4-11(15)17-6-7/h2-6,12H,1H3. The van der Waals surface area contributed by atoms with Gasteiger partial charge in [0.05, 0.1) is 15.4 Å². The van der Waals surface area contributed by atoms with E-state index in [0.29, 0.717) is 5.02 Å². The van der Waals surface area contributed by atoms with Gasteiger partial charge in [0.25, 0.3) is 0 Å². The minimum absolute atomic E-state index is 0.233. The summed E-state index contributed by atoms with van der Waals surface area (Å²) in [7, 11) is 1.63. The van der Waals surface area contributed by atoms with Gasteiger partial charge >= 0.3 is 0 Å². The molecule has 1 heterocycles.